The molecule has 4 nitrogen and oxygen atoms in total. The Bertz CT molecular complexity index is 339. The molecule has 1 aromatic heterocycles. The lowest BCUT2D eigenvalue weighted by atomic mass is 10.1. The van der Waals surface area contributed by atoms with Gasteiger partial charge in [-0.3, -0.25) is 0 Å². The van der Waals surface area contributed by atoms with Crippen LogP contribution in [0.15, 0.2) is 0 Å². The average Bonchev–Trinajstić information content (AvgIpc) is 2.96. The first-order chi connectivity index (χ1) is 7.70. The highest BCUT2D eigenvalue weighted by Gasteiger charge is 2.24. The van der Waals surface area contributed by atoms with Gasteiger partial charge in [-0.15, -0.1) is 5.10 Å². The molecule has 0 unspecified atom stereocenters. The molecular formula is C12H22N4. The Morgan fingerprint density at radius 1 is 1.44 bits per heavy atom. The minimum Gasteiger partial charge on any atom is -0.325 e. The Hall–Kier alpha value is -0.900. The summed E-state index contributed by atoms with van der Waals surface area (Å²) in [7, 11) is 0. The van der Waals surface area contributed by atoms with Crippen LogP contribution >= 0.6 is 0 Å². The highest BCUT2D eigenvalue weighted by atomic mass is 15.4. The Balaban J connectivity index is 2.06. The molecule has 1 saturated carbocycles. The second-order valence-corrected chi connectivity index (χ2v) is 5.24. The van der Waals surface area contributed by atoms with Crippen LogP contribution in [0.2, 0.25) is 0 Å². The lowest BCUT2D eigenvalue weighted by molar-refractivity contribution is 0.502. The Morgan fingerprint density at radius 3 is 2.75 bits per heavy atom. The molecule has 0 atom stereocenters. The van der Waals surface area contributed by atoms with Crippen LogP contribution in [-0.2, 0) is 19.5 Å². The van der Waals surface area contributed by atoms with E-state index in [2.05, 4.69) is 28.8 Å². The van der Waals surface area contributed by atoms with Crippen LogP contribution in [0.5, 0.6) is 0 Å². The first-order valence-corrected chi connectivity index (χ1v) is 6.32. The van der Waals surface area contributed by atoms with Gasteiger partial charge < -0.3 is 5.73 Å². The molecule has 4 heteroatoms. The van der Waals surface area contributed by atoms with E-state index in [4.69, 9.17) is 5.73 Å². The Kier molecular flexibility index (Phi) is 3.59. The van der Waals surface area contributed by atoms with E-state index in [0.29, 0.717) is 6.54 Å². The summed E-state index contributed by atoms with van der Waals surface area (Å²) < 4.78 is 2.09. The lowest BCUT2D eigenvalue weighted by Crippen LogP contribution is -2.10. The van der Waals surface area contributed by atoms with Crippen molar-refractivity contribution in [2.75, 3.05) is 0 Å². The summed E-state index contributed by atoms with van der Waals surface area (Å²) >= 11 is 0. The summed E-state index contributed by atoms with van der Waals surface area (Å²) in [5.74, 6) is 1.56. The number of nitrogens with two attached hydrogens (primary N) is 1. The van der Waals surface area contributed by atoms with Crippen LogP contribution in [-0.4, -0.2) is 15.0 Å². The van der Waals surface area contributed by atoms with Gasteiger partial charge in [0.2, 0.25) is 0 Å². The fourth-order valence-corrected chi connectivity index (χ4v) is 1.92. The van der Waals surface area contributed by atoms with Crippen molar-refractivity contribution in [3.8, 4) is 0 Å². The first kappa shape index (κ1) is 11.6. The van der Waals surface area contributed by atoms with Crippen molar-refractivity contribution >= 4 is 0 Å². The number of aromatic nitrogens is 3. The molecule has 1 aliphatic rings. The van der Waals surface area contributed by atoms with Gasteiger partial charge in [0.05, 0.1) is 11.4 Å². The highest BCUT2D eigenvalue weighted by molar-refractivity contribution is 5.10. The SMILES string of the molecule is CC(C)CCc1c(CN)nnn1CC1CC1. The van der Waals surface area contributed by atoms with Crippen molar-refractivity contribution in [1.82, 2.24) is 15.0 Å². The van der Waals surface area contributed by atoms with Crippen molar-refractivity contribution < 1.29 is 0 Å². The predicted octanol–water partition coefficient (Wildman–Crippen LogP) is 1.74. The monoisotopic (exact) mass is 222 g/mol. The van der Waals surface area contributed by atoms with Gasteiger partial charge >= 0.3 is 0 Å². The number of rotatable bonds is 6. The standard InChI is InChI=1S/C12H22N4/c1-9(2)3-6-12-11(7-13)14-15-16(12)8-10-4-5-10/h9-10H,3-8,13H2,1-2H3. The van der Waals surface area contributed by atoms with E-state index in [0.717, 1.165) is 30.5 Å². The molecule has 2 N–H and O–H groups in total. The topological polar surface area (TPSA) is 56.7 Å². The van der Waals surface area contributed by atoms with E-state index in [9.17, 15) is 0 Å². The van der Waals surface area contributed by atoms with Gasteiger partial charge in [-0.25, -0.2) is 4.68 Å². The molecule has 0 saturated heterocycles. The molecule has 1 aromatic rings. The predicted molar refractivity (Wildman–Crippen MR) is 63.8 cm³/mol. The van der Waals surface area contributed by atoms with Crippen molar-refractivity contribution in [1.29, 1.82) is 0 Å². The van der Waals surface area contributed by atoms with Crippen LogP contribution < -0.4 is 5.73 Å². The van der Waals surface area contributed by atoms with Gasteiger partial charge in [-0.2, -0.15) is 0 Å². The van der Waals surface area contributed by atoms with E-state index in [1.165, 1.54) is 25.0 Å². The van der Waals surface area contributed by atoms with E-state index in [1.807, 2.05) is 0 Å². The van der Waals surface area contributed by atoms with Crippen LogP contribution in [0.25, 0.3) is 0 Å². The molecule has 0 aliphatic heterocycles. The highest BCUT2D eigenvalue weighted by Crippen LogP contribution is 2.31. The Morgan fingerprint density at radius 2 is 2.19 bits per heavy atom. The quantitative estimate of drug-likeness (QED) is 0.797. The van der Waals surface area contributed by atoms with Crippen molar-refractivity contribution in [3.63, 3.8) is 0 Å². The third-order valence-electron chi connectivity index (χ3n) is 3.20. The second-order valence-electron chi connectivity index (χ2n) is 5.24. The average molecular weight is 222 g/mol. The molecule has 1 aliphatic carbocycles. The maximum absolute atomic E-state index is 5.70. The summed E-state index contributed by atoms with van der Waals surface area (Å²) in [6.07, 6.45) is 4.94. The van der Waals surface area contributed by atoms with Crippen LogP contribution in [0.4, 0.5) is 0 Å². The zero-order chi connectivity index (χ0) is 11.5. The van der Waals surface area contributed by atoms with E-state index in [-0.39, 0.29) is 0 Å². The van der Waals surface area contributed by atoms with Gasteiger partial charge in [-0.05, 0) is 37.5 Å². The maximum Gasteiger partial charge on any atom is 0.0994 e. The van der Waals surface area contributed by atoms with Crippen molar-refractivity contribution in [2.24, 2.45) is 17.6 Å². The number of hydrogen-bond donors (Lipinski definition) is 1. The molecule has 0 aromatic carbocycles. The van der Waals surface area contributed by atoms with E-state index >= 15 is 0 Å². The minimum absolute atomic E-state index is 0.512. The summed E-state index contributed by atoms with van der Waals surface area (Å²) in [4.78, 5) is 0. The molecule has 0 spiro atoms. The summed E-state index contributed by atoms with van der Waals surface area (Å²) in [5, 5.41) is 8.41. The van der Waals surface area contributed by atoms with Gasteiger partial charge in [-0.1, -0.05) is 19.1 Å². The van der Waals surface area contributed by atoms with E-state index < -0.39 is 0 Å². The molecule has 2 rings (SSSR count). The minimum atomic E-state index is 0.512. The smallest absolute Gasteiger partial charge is 0.0994 e. The molecule has 1 fully saturated rings. The molecule has 0 amide bonds. The zero-order valence-corrected chi connectivity index (χ0v) is 10.3. The number of nitrogens with zero attached hydrogens (tertiary/aromatic N) is 3. The maximum atomic E-state index is 5.70. The Labute approximate surface area is 97.2 Å². The fraction of sp³-hybridized carbons (Fsp3) is 0.833. The lowest BCUT2D eigenvalue weighted by Gasteiger charge is -2.08. The number of hydrogen-bond acceptors (Lipinski definition) is 3. The van der Waals surface area contributed by atoms with Crippen molar-refractivity contribution in [2.45, 2.75) is 52.6 Å². The molecule has 0 bridgehead atoms. The second kappa shape index (κ2) is 4.95. The first-order valence-electron chi connectivity index (χ1n) is 6.32. The third kappa shape index (κ3) is 2.82. The molecule has 90 valence electrons. The van der Waals surface area contributed by atoms with Gasteiger partial charge in [0, 0.05) is 13.1 Å². The van der Waals surface area contributed by atoms with Crippen LogP contribution in [0.1, 0.15) is 44.5 Å². The van der Waals surface area contributed by atoms with Gasteiger partial charge in [0.1, 0.15) is 0 Å². The zero-order valence-electron chi connectivity index (χ0n) is 10.3. The molecule has 1 heterocycles. The summed E-state index contributed by atoms with van der Waals surface area (Å²) in [6.45, 7) is 6.05. The van der Waals surface area contributed by atoms with Crippen LogP contribution in [0.3, 0.4) is 0 Å². The fourth-order valence-electron chi connectivity index (χ4n) is 1.92. The third-order valence-corrected chi connectivity index (χ3v) is 3.20. The molecule has 0 radical (unpaired) electrons. The van der Waals surface area contributed by atoms with E-state index in [1.54, 1.807) is 0 Å². The normalized spacial score (nSPS) is 16.0. The summed E-state index contributed by atoms with van der Waals surface area (Å²) in [5.41, 5.74) is 7.96. The van der Waals surface area contributed by atoms with Gasteiger partial charge in [0.25, 0.3) is 0 Å². The largest absolute Gasteiger partial charge is 0.325 e. The summed E-state index contributed by atoms with van der Waals surface area (Å²) in [6, 6.07) is 0. The van der Waals surface area contributed by atoms with Crippen molar-refractivity contribution in [3.05, 3.63) is 11.4 Å². The van der Waals surface area contributed by atoms with Crippen LogP contribution in [0, 0.1) is 11.8 Å². The molecule has 16 heavy (non-hydrogen) atoms. The van der Waals surface area contributed by atoms with Gasteiger partial charge in [0.15, 0.2) is 0 Å². The molecular weight excluding hydrogens is 200 g/mol.